The van der Waals surface area contributed by atoms with Crippen LogP contribution in [0.2, 0.25) is 0 Å². The molecule has 0 fully saturated rings. The molecular weight excluding hydrogens is 228 g/mol. The Balaban J connectivity index is 4.32. The number of hydrogen-bond donors (Lipinski definition) is 2. The summed E-state index contributed by atoms with van der Waals surface area (Å²) >= 11 is 0. The van der Waals surface area contributed by atoms with Crippen molar-refractivity contribution in [1.82, 2.24) is 9.80 Å². The summed E-state index contributed by atoms with van der Waals surface area (Å²) in [5.41, 5.74) is -0.00669. The van der Waals surface area contributed by atoms with Crippen molar-refractivity contribution in [2.24, 2.45) is 0 Å². The quantitative estimate of drug-likeness (QED) is 0.779. The number of likely N-dealkylation sites (N-methyl/N-ethyl adjacent to an activating group) is 2. The van der Waals surface area contributed by atoms with E-state index in [4.69, 9.17) is 0 Å². The third-order valence-corrected chi connectivity index (χ3v) is 3.66. The Morgan fingerprint density at radius 1 is 0.722 bits per heavy atom. The fourth-order valence-corrected chi connectivity index (χ4v) is 1.35. The summed E-state index contributed by atoms with van der Waals surface area (Å²) in [6, 6.07) is 0. The zero-order valence-electron chi connectivity index (χ0n) is 13.4. The van der Waals surface area contributed by atoms with Crippen molar-refractivity contribution in [3.05, 3.63) is 0 Å². The molecule has 0 rings (SSSR count). The highest BCUT2D eigenvalue weighted by Crippen LogP contribution is 2.14. The van der Waals surface area contributed by atoms with Crippen LogP contribution < -0.4 is 0 Å². The summed E-state index contributed by atoms with van der Waals surface area (Å²) in [6.07, 6.45) is -1.45. The van der Waals surface area contributed by atoms with Crippen molar-refractivity contribution < 1.29 is 10.2 Å². The smallest absolute Gasteiger partial charge is 0.0938 e. The second-order valence-electron chi connectivity index (χ2n) is 7.24. The van der Waals surface area contributed by atoms with Crippen LogP contribution in [0.3, 0.4) is 0 Å². The standard InChI is InChI=1S/C14H32N2O2/c1-13(2,3)15(7)9-11(17)12(18)10-16(8)14(4,5)6/h11-12,17-18H,9-10H2,1-8H3/t11-,12-/m1/s1. The average Bonchev–Trinajstić information content (AvgIpc) is 2.14. The number of aliphatic hydroxyl groups excluding tert-OH is 2. The molecule has 0 aromatic rings. The Bertz CT molecular complexity index is 217. The van der Waals surface area contributed by atoms with Crippen LogP contribution in [0, 0.1) is 0 Å². The minimum atomic E-state index is -0.723. The van der Waals surface area contributed by atoms with Crippen LogP contribution in [-0.2, 0) is 0 Å². The molecule has 0 bridgehead atoms. The normalized spacial score (nSPS) is 17.3. The summed E-state index contributed by atoms with van der Waals surface area (Å²) in [6.45, 7) is 13.5. The molecule has 4 nitrogen and oxygen atoms in total. The molecule has 0 aliphatic carbocycles. The molecule has 2 atom stereocenters. The summed E-state index contributed by atoms with van der Waals surface area (Å²) in [5, 5.41) is 20.1. The minimum absolute atomic E-state index is 0.00334. The molecule has 0 heterocycles. The minimum Gasteiger partial charge on any atom is -0.389 e. The van der Waals surface area contributed by atoms with Crippen molar-refractivity contribution in [3.63, 3.8) is 0 Å². The van der Waals surface area contributed by atoms with Crippen LogP contribution >= 0.6 is 0 Å². The molecular formula is C14H32N2O2. The predicted octanol–water partition coefficient (Wildman–Crippen LogP) is 1.17. The predicted molar refractivity (Wildman–Crippen MR) is 76.8 cm³/mol. The lowest BCUT2D eigenvalue weighted by atomic mass is 10.0. The molecule has 0 aromatic heterocycles. The number of nitrogens with zero attached hydrogens (tertiary/aromatic N) is 2. The molecule has 0 spiro atoms. The highest BCUT2D eigenvalue weighted by atomic mass is 16.3. The Hall–Kier alpha value is -0.160. The van der Waals surface area contributed by atoms with Gasteiger partial charge in [0.1, 0.15) is 0 Å². The SMILES string of the molecule is CN(C[C@@H](O)[C@H](O)CN(C)C(C)(C)C)C(C)(C)C. The summed E-state index contributed by atoms with van der Waals surface area (Å²) < 4.78 is 0. The van der Waals surface area contributed by atoms with Gasteiger partial charge in [0.25, 0.3) is 0 Å². The maximum absolute atomic E-state index is 10.0. The summed E-state index contributed by atoms with van der Waals surface area (Å²) in [5.74, 6) is 0. The molecule has 0 saturated carbocycles. The Kier molecular flexibility index (Phi) is 6.27. The van der Waals surface area contributed by atoms with E-state index in [1.165, 1.54) is 0 Å². The van der Waals surface area contributed by atoms with Crippen molar-refractivity contribution in [1.29, 1.82) is 0 Å². The highest BCUT2D eigenvalue weighted by molar-refractivity contribution is 4.82. The highest BCUT2D eigenvalue weighted by Gasteiger charge is 2.27. The molecule has 18 heavy (non-hydrogen) atoms. The van der Waals surface area contributed by atoms with E-state index < -0.39 is 12.2 Å². The second kappa shape index (κ2) is 6.33. The number of β-amino-alcohol motifs (C(OH)–C–C–N with tert-alkyl or cyclic N) is 2. The largest absolute Gasteiger partial charge is 0.389 e. The Labute approximate surface area is 113 Å². The van der Waals surface area contributed by atoms with Gasteiger partial charge in [0.05, 0.1) is 12.2 Å². The lowest BCUT2D eigenvalue weighted by Crippen LogP contribution is -2.50. The topological polar surface area (TPSA) is 46.9 Å². The lowest BCUT2D eigenvalue weighted by Gasteiger charge is -2.37. The molecule has 4 heteroatoms. The average molecular weight is 260 g/mol. The van der Waals surface area contributed by atoms with Gasteiger partial charge in [0.2, 0.25) is 0 Å². The molecule has 0 aromatic carbocycles. The fourth-order valence-electron chi connectivity index (χ4n) is 1.35. The monoisotopic (exact) mass is 260 g/mol. The van der Waals surface area contributed by atoms with Crippen LogP contribution in [0.1, 0.15) is 41.5 Å². The van der Waals surface area contributed by atoms with Crippen LogP contribution in [0.5, 0.6) is 0 Å². The molecule has 0 aliphatic rings. The van der Waals surface area contributed by atoms with E-state index in [1.807, 2.05) is 14.1 Å². The van der Waals surface area contributed by atoms with Gasteiger partial charge in [-0.05, 0) is 55.6 Å². The van der Waals surface area contributed by atoms with Gasteiger partial charge in [-0.3, -0.25) is 9.80 Å². The van der Waals surface area contributed by atoms with E-state index in [0.717, 1.165) is 0 Å². The lowest BCUT2D eigenvalue weighted by molar-refractivity contribution is -0.0347. The number of aliphatic hydroxyl groups is 2. The summed E-state index contributed by atoms with van der Waals surface area (Å²) in [7, 11) is 3.92. The zero-order chi connectivity index (χ0) is 14.7. The van der Waals surface area contributed by atoms with Gasteiger partial charge in [-0.2, -0.15) is 0 Å². The first-order chi connectivity index (χ1) is 7.85. The van der Waals surface area contributed by atoms with Crippen molar-refractivity contribution >= 4 is 0 Å². The van der Waals surface area contributed by atoms with Gasteiger partial charge in [-0.1, -0.05) is 0 Å². The maximum Gasteiger partial charge on any atom is 0.0938 e. The van der Waals surface area contributed by atoms with E-state index in [2.05, 4.69) is 51.3 Å². The molecule has 0 saturated heterocycles. The zero-order valence-corrected chi connectivity index (χ0v) is 13.4. The van der Waals surface area contributed by atoms with Gasteiger partial charge in [0, 0.05) is 24.2 Å². The molecule has 110 valence electrons. The first-order valence-electron chi connectivity index (χ1n) is 6.64. The van der Waals surface area contributed by atoms with Crippen LogP contribution in [0.15, 0.2) is 0 Å². The van der Waals surface area contributed by atoms with E-state index in [1.54, 1.807) is 0 Å². The first-order valence-corrected chi connectivity index (χ1v) is 6.64. The molecule has 0 radical (unpaired) electrons. The van der Waals surface area contributed by atoms with Gasteiger partial charge < -0.3 is 10.2 Å². The van der Waals surface area contributed by atoms with Crippen molar-refractivity contribution in [2.75, 3.05) is 27.2 Å². The molecule has 2 N–H and O–H groups in total. The maximum atomic E-state index is 10.0. The van der Waals surface area contributed by atoms with Crippen molar-refractivity contribution in [2.45, 2.75) is 64.8 Å². The van der Waals surface area contributed by atoms with Gasteiger partial charge in [-0.15, -0.1) is 0 Å². The van der Waals surface area contributed by atoms with Gasteiger partial charge >= 0.3 is 0 Å². The molecule has 0 amide bonds. The van der Waals surface area contributed by atoms with Crippen molar-refractivity contribution in [3.8, 4) is 0 Å². The Morgan fingerprint density at radius 3 is 1.11 bits per heavy atom. The van der Waals surface area contributed by atoms with E-state index >= 15 is 0 Å². The van der Waals surface area contributed by atoms with E-state index in [9.17, 15) is 10.2 Å². The third-order valence-electron chi connectivity index (χ3n) is 3.66. The van der Waals surface area contributed by atoms with Crippen LogP contribution in [0.4, 0.5) is 0 Å². The first kappa shape index (κ1) is 17.8. The Morgan fingerprint density at radius 2 is 0.944 bits per heavy atom. The molecule has 0 aliphatic heterocycles. The summed E-state index contributed by atoms with van der Waals surface area (Å²) in [4.78, 5) is 4.11. The van der Waals surface area contributed by atoms with E-state index in [0.29, 0.717) is 13.1 Å². The van der Waals surface area contributed by atoms with E-state index in [-0.39, 0.29) is 11.1 Å². The third kappa shape index (κ3) is 6.14. The van der Waals surface area contributed by atoms with Crippen LogP contribution in [0.25, 0.3) is 0 Å². The fraction of sp³-hybridized carbons (Fsp3) is 1.00. The number of rotatable bonds is 5. The second-order valence-corrected chi connectivity index (χ2v) is 7.24. The van der Waals surface area contributed by atoms with Gasteiger partial charge in [-0.25, -0.2) is 0 Å². The molecule has 0 unspecified atom stereocenters. The number of hydrogen-bond acceptors (Lipinski definition) is 4. The van der Waals surface area contributed by atoms with Crippen LogP contribution in [-0.4, -0.2) is 70.5 Å². The van der Waals surface area contributed by atoms with Gasteiger partial charge in [0.15, 0.2) is 0 Å².